The molecule has 3 rings (SSSR count). The molecule has 1 aromatic rings. The zero-order valence-electron chi connectivity index (χ0n) is 15.4. The SMILES string of the molecule is CCc1ccccc1C(=O)N1CCCN(C(=O)C2CCCNC2=O)CC1. The number of aryl methyl sites for hydroxylation is 1. The standard InChI is InChI=1S/C20H27N3O3/c1-2-15-7-3-4-8-16(15)19(25)22-11-6-12-23(14-13-22)20(26)17-9-5-10-21-18(17)24/h3-4,7-8,17H,2,5-6,9-14H2,1H3,(H,21,24). The van der Waals surface area contributed by atoms with Crippen molar-refractivity contribution in [2.75, 3.05) is 32.7 Å². The van der Waals surface area contributed by atoms with E-state index in [1.54, 1.807) is 4.90 Å². The zero-order valence-corrected chi connectivity index (χ0v) is 15.4. The summed E-state index contributed by atoms with van der Waals surface area (Å²) in [7, 11) is 0. The number of hydrogen-bond acceptors (Lipinski definition) is 3. The zero-order chi connectivity index (χ0) is 18.5. The predicted molar refractivity (Wildman–Crippen MR) is 98.7 cm³/mol. The fraction of sp³-hybridized carbons (Fsp3) is 0.550. The van der Waals surface area contributed by atoms with E-state index < -0.39 is 5.92 Å². The maximum atomic E-state index is 12.9. The van der Waals surface area contributed by atoms with E-state index in [0.717, 1.165) is 30.4 Å². The highest BCUT2D eigenvalue weighted by molar-refractivity contribution is 6.00. The van der Waals surface area contributed by atoms with Gasteiger partial charge in [-0.1, -0.05) is 25.1 Å². The van der Waals surface area contributed by atoms with Crippen LogP contribution in [-0.4, -0.2) is 60.2 Å². The van der Waals surface area contributed by atoms with Crippen molar-refractivity contribution >= 4 is 17.7 Å². The topological polar surface area (TPSA) is 69.7 Å². The summed E-state index contributed by atoms with van der Waals surface area (Å²) in [4.78, 5) is 41.2. The molecule has 0 bridgehead atoms. The molecule has 0 saturated carbocycles. The van der Waals surface area contributed by atoms with Crippen LogP contribution in [0.4, 0.5) is 0 Å². The molecule has 2 aliphatic rings. The molecule has 1 atom stereocenters. The lowest BCUT2D eigenvalue weighted by Crippen LogP contribution is -2.47. The van der Waals surface area contributed by atoms with Crippen molar-refractivity contribution in [1.29, 1.82) is 0 Å². The first-order chi connectivity index (χ1) is 12.6. The molecule has 26 heavy (non-hydrogen) atoms. The van der Waals surface area contributed by atoms with Gasteiger partial charge in [0, 0.05) is 38.3 Å². The van der Waals surface area contributed by atoms with Gasteiger partial charge in [0.05, 0.1) is 0 Å². The summed E-state index contributed by atoms with van der Waals surface area (Å²) in [5, 5.41) is 2.78. The lowest BCUT2D eigenvalue weighted by Gasteiger charge is -2.28. The van der Waals surface area contributed by atoms with Gasteiger partial charge in [-0.3, -0.25) is 14.4 Å². The number of carbonyl (C=O) groups is 3. The first-order valence-corrected chi connectivity index (χ1v) is 9.55. The molecular weight excluding hydrogens is 330 g/mol. The number of nitrogens with zero attached hydrogens (tertiary/aromatic N) is 2. The maximum Gasteiger partial charge on any atom is 0.254 e. The van der Waals surface area contributed by atoms with Crippen molar-refractivity contribution < 1.29 is 14.4 Å². The van der Waals surface area contributed by atoms with E-state index in [4.69, 9.17) is 0 Å². The first kappa shape index (κ1) is 18.4. The van der Waals surface area contributed by atoms with Gasteiger partial charge in [0.2, 0.25) is 11.8 Å². The minimum Gasteiger partial charge on any atom is -0.355 e. The number of piperidine rings is 1. The second-order valence-corrected chi connectivity index (χ2v) is 6.97. The van der Waals surface area contributed by atoms with Crippen molar-refractivity contribution in [3.63, 3.8) is 0 Å². The molecule has 2 saturated heterocycles. The summed E-state index contributed by atoms with van der Waals surface area (Å²) in [5.41, 5.74) is 1.80. The van der Waals surface area contributed by atoms with E-state index in [1.165, 1.54) is 0 Å². The third kappa shape index (κ3) is 3.89. The van der Waals surface area contributed by atoms with Crippen LogP contribution in [0.2, 0.25) is 0 Å². The molecule has 1 unspecified atom stereocenters. The first-order valence-electron chi connectivity index (χ1n) is 9.55. The number of carbonyl (C=O) groups excluding carboxylic acids is 3. The Hall–Kier alpha value is -2.37. The minimum atomic E-state index is -0.563. The quantitative estimate of drug-likeness (QED) is 0.833. The molecule has 0 aliphatic carbocycles. The molecular formula is C20H27N3O3. The average molecular weight is 357 g/mol. The van der Waals surface area contributed by atoms with Gasteiger partial charge in [0.1, 0.15) is 5.92 Å². The van der Waals surface area contributed by atoms with E-state index in [9.17, 15) is 14.4 Å². The molecule has 140 valence electrons. The van der Waals surface area contributed by atoms with Crippen LogP contribution in [-0.2, 0) is 16.0 Å². The van der Waals surface area contributed by atoms with E-state index >= 15 is 0 Å². The Balaban J connectivity index is 1.65. The highest BCUT2D eigenvalue weighted by atomic mass is 16.2. The number of benzene rings is 1. The van der Waals surface area contributed by atoms with Crippen molar-refractivity contribution in [2.45, 2.75) is 32.6 Å². The molecule has 6 heteroatoms. The molecule has 3 amide bonds. The molecule has 2 fully saturated rings. The van der Waals surface area contributed by atoms with Crippen LogP contribution in [0.3, 0.4) is 0 Å². The molecule has 0 radical (unpaired) electrons. The van der Waals surface area contributed by atoms with Gasteiger partial charge in [-0.2, -0.15) is 0 Å². The van der Waals surface area contributed by atoms with Gasteiger partial charge in [0.15, 0.2) is 0 Å². The van der Waals surface area contributed by atoms with Crippen LogP contribution >= 0.6 is 0 Å². The second-order valence-electron chi connectivity index (χ2n) is 6.97. The molecule has 0 spiro atoms. The van der Waals surface area contributed by atoms with Gasteiger partial charge in [-0.15, -0.1) is 0 Å². The van der Waals surface area contributed by atoms with Gasteiger partial charge in [-0.05, 0) is 37.3 Å². The summed E-state index contributed by atoms with van der Waals surface area (Å²) >= 11 is 0. The Bertz CT molecular complexity index is 689. The van der Waals surface area contributed by atoms with Crippen molar-refractivity contribution in [2.24, 2.45) is 5.92 Å². The Labute approximate surface area is 154 Å². The Morgan fingerprint density at radius 3 is 2.58 bits per heavy atom. The fourth-order valence-electron chi connectivity index (χ4n) is 3.78. The summed E-state index contributed by atoms with van der Waals surface area (Å²) in [5.74, 6) is -0.778. The van der Waals surface area contributed by atoms with Crippen molar-refractivity contribution in [3.05, 3.63) is 35.4 Å². The minimum absolute atomic E-state index is 0.0344. The summed E-state index contributed by atoms with van der Waals surface area (Å²) in [6.45, 7) is 4.94. The Morgan fingerprint density at radius 2 is 1.81 bits per heavy atom. The van der Waals surface area contributed by atoms with Crippen molar-refractivity contribution in [3.8, 4) is 0 Å². The molecule has 1 N–H and O–H groups in total. The largest absolute Gasteiger partial charge is 0.355 e. The number of amides is 3. The van der Waals surface area contributed by atoms with E-state index in [0.29, 0.717) is 39.1 Å². The summed E-state index contributed by atoms with van der Waals surface area (Å²) < 4.78 is 0. The fourth-order valence-corrected chi connectivity index (χ4v) is 3.78. The van der Waals surface area contributed by atoms with Gasteiger partial charge < -0.3 is 15.1 Å². The van der Waals surface area contributed by atoms with Crippen molar-refractivity contribution in [1.82, 2.24) is 15.1 Å². The normalized spacial score (nSPS) is 21.1. The third-order valence-corrected chi connectivity index (χ3v) is 5.31. The Kier molecular flexibility index (Phi) is 5.91. The number of nitrogens with one attached hydrogen (secondary N) is 1. The van der Waals surface area contributed by atoms with Crippen LogP contribution in [0, 0.1) is 5.92 Å². The van der Waals surface area contributed by atoms with Crippen LogP contribution in [0.25, 0.3) is 0 Å². The van der Waals surface area contributed by atoms with Gasteiger partial charge in [0.25, 0.3) is 5.91 Å². The predicted octanol–water partition coefficient (Wildman–Crippen LogP) is 1.45. The summed E-state index contributed by atoms with van der Waals surface area (Å²) in [6, 6.07) is 7.71. The number of rotatable bonds is 3. The molecule has 1 aromatic carbocycles. The van der Waals surface area contributed by atoms with E-state index in [2.05, 4.69) is 5.32 Å². The van der Waals surface area contributed by atoms with Crippen LogP contribution in [0.15, 0.2) is 24.3 Å². The van der Waals surface area contributed by atoms with Crippen LogP contribution in [0.1, 0.15) is 42.1 Å². The molecule has 0 aromatic heterocycles. The third-order valence-electron chi connectivity index (χ3n) is 5.31. The lowest BCUT2D eigenvalue weighted by molar-refractivity contribution is -0.143. The van der Waals surface area contributed by atoms with E-state index in [1.807, 2.05) is 36.1 Å². The summed E-state index contributed by atoms with van der Waals surface area (Å²) in [6.07, 6.45) is 3.01. The van der Waals surface area contributed by atoms with Gasteiger partial charge in [-0.25, -0.2) is 0 Å². The number of hydrogen-bond donors (Lipinski definition) is 1. The van der Waals surface area contributed by atoms with Crippen LogP contribution < -0.4 is 5.32 Å². The molecule has 2 aliphatic heterocycles. The van der Waals surface area contributed by atoms with E-state index in [-0.39, 0.29) is 17.7 Å². The molecule has 6 nitrogen and oxygen atoms in total. The smallest absolute Gasteiger partial charge is 0.254 e. The Morgan fingerprint density at radius 1 is 1.08 bits per heavy atom. The van der Waals surface area contributed by atoms with Gasteiger partial charge >= 0.3 is 0 Å². The maximum absolute atomic E-state index is 12.9. The highest BCUT2D eigenvalue weighted by Crippen LogP contribution is 2.18. The highest BCUT2D eigenvalue weighted by Gasteiger charge is 2.33. The van der Waals surface area contributed by atoms with Crippen LogP contribution in [0.5, 0.6) is 0 Å². The lowest BCUT2D eigenvalue weighted by atomic mass is 9.97. The molecule has 2 heterocycles. The average Bonchev–Trinajstić information content (AvgIpc) is 2.93. The monoisotopic (exact) mass is 357 g/mol. The second kappa shape index (κ2) is 8.34.